The third kappa shape index (κ3) is 2.61. The number of nitrogens with zero attached hydrogens (tertiary/aromatic N) is 3. The van der Waals surface area contributed by atoms with Gasteiger partial charge in [0, 0.05) is 18.5 Å². The minimum Gasteiger partial charge on any atom is -0.279 e. The van der Waals surface area contributed by atoms with Crippen molar-refractivity contribution in [3.05, 3.63) is 51.9 Å². The molecule has 0 fully saturated rings. The fourth-order valence-corrected chi connectivity index (χ4v) is 2.83. The number of alkyl halides is 1. The Morgan fingerprint density at radius 3 is 2.81 bits per heavy atom. The van der Waals surface area contributed by atoms with Gasteiger partial charge in [0.25, 0.3) is 0 Å². The van der Waals surface area contributed by atoms with Crippen molar-refractivity contribution in [1.82, 2.24) is 14.5 Å². The number of halogens is 3. The molecule has 2 heterocycles. The first-order valence-corrected chi connectivity index (χ1v) is 7.75. The summed E-state index contributed by atoms with van der Waals surface area (Å²) in [6.45, 7) is 1.99. The van der Waals surface area contributed by atoms with Crippen LogP contribution in [0.25, 0.3) is 16.9 Å². The average Bonchev–Trinajstić information content (AvgIpc) is 2.79. The predicted octanol–water partition coefficient (Wildman–Crippen LogP) is 4.82. The summed E-state index contributed by atoms with van der Waals surface area (Å²) in [7, 11) is 0. The first-order chi connectivity index (χ1) is 10.1. The van der Waals surface area contributed by atoms with Crippen molar-refractivity contribution >= 4 is 46.0 Å². The number of fused-ring (bicyclic) bond motifs is 1. The van der Waals surface area contributed by atoms with Gasteiger partial charge < -0.3 is 0 Å². The monoisotopic (exact) mass is 339 g/mol. The number of rotatable bonds is 3. The Labute approximate surface area is 137 Å². The van der Waals surface area contributed by atoms with Gasteiger partial charge in [0.1, 0.15) is 11.3 Å². The quantitative estimate of drug-likeness (QED) is 0.640. The lowest BCUT2D eigenvalue weighted by atomic mass is 10.3. The Morgan fingerprint density at radius 1 is 1.24 bits per heavy atom. The Balaban J connectivity index is 2.33. The number of hydrogen-bond donors (Lipinski definition) is 0. The highest BCUT2D eigenvalue weighted by molar-refractivity contribution is 6.43. The van der Waals surface area contributed by atoms with Crippen molar-refractivity contribution in [1.29, 1.82) is 0 Å². The molecule has 3 nitrogen and oxygen atoms in total. The molecule has 0 saturated carbocycles. The minimum absolute atomic E-state index is 0.473. The molecule has 0 aliphatic heterocycles. The fourth-order valence-electron chi connectivity index (χ4n) is 2.28. The second-order valence-corrected chi connectivity index (χ2v) is 5.89. The smallest absolute Gasteiger partial charge is 0.164 e. The van der Waals surface area contributed by atoms with Gasteiger partial charge in [-0.15, -0.1) is 11.6 Å². The third-order valence-electron chi connectivity index (χ3n) is 3.19. The number of imidazole rings is 1. The lowest BCUT2D eigenvalue weighted by molar-refractivity contribution is 0.905. The first-order valence-electron chi connectivity index (χ1n) is 6.46. The highest BCUT2D eigenvalue weighted by Gasteiger charge is 2.16. The van der Waals surface area contributed by atoms with Crippen molar-refractivity contribution in [2.45, 2.75) is 13.3 Å². The van der Waals surface area contributed by atoms with Crippen LogP contribution < -0.4 is 0 Å². The molecule has 21 heavy (non-hydrogen) atoms. The second-order valence-electron chi connectivity index (χ2n) is 4.73. The molecule has 0 aliphatic carbocycles. The zero-order chi connectivity index (χ0) is 15.0. The summed E-state index contributed by atoms with van der Waals surface area (Å²) < 4.78 is 1.92. The molecule has 0 N–H and O–H groups in total. The maximum absolute atomic E-state index is 6.35. The van der Waals surface area contributed by atoms with Crippen LogP contribution in [-0.2, 0) is 6.42 Å². The van der Waals surface area contributed by atoms with Gasteiger partial charge in [0.2, 0.25) is 0 Å². The molecule has 108 valence electrons. The van der Waals surface area contributed by atoms with E-state index in [9.17, 15) is 0 Å². The number of aryl methyl sites for hydroxylation is 2. The summed E-state index contributed by atoms with van der Waals surface area (Å²) in [5.41, 5.74) is 3.40. The van der Waals surface area contributed by atoms with Crippen LogP contribution in [0.3, 0.4) is 0 Å². The lowest BCUT2D eigenvalue weighted by Gasteiger charge is -2.10. The van der Waals surface area contributed by atoms with Crippen molar-refractivity contribution < 1.29 is 0 Å². The molecule has 0 aliphatic rings. The Kier molecular flexibility index (Phi) is 4.07. The Bertz CT molecular complexity index is 811. The molecule has 0 radical (unpaired) electrons. The molecule has 1 aromatic carbocycles. The van der Waals surface area contributed by atoms with E-state index in [2.05, 4.69) is 9.97 Å². The molecule has 3 rings (SSSR count). The summed E-state index contributed by atoms with van der Waals surface area (Å²) >= 11 is 18.4. The second kappa shape index (κ2) is 5.84. The summed E-state index contributed by atoms with van der Waals surface area (Å²) in [4.78, 5) is 9.11. The van der Waals surface area contributed by atoms with Gasteiger partial charge in [-0.2, -0.15) is 0 Å². The van der Waals surface area contributed by atoms with E-state index in [4.69, 9.17) is 34.8 Å². The zero-order valence-corrected chi connectivity index (χ0v) is 13.5. The first kappa shape index (κ1) is 14.6. The summed E-state index contributed by atoms with van der Waals surface area (Å²) in [5.74, 6) is 1.29. The standard InChI is InChI=1S/C15H12Cl3N3/c1-9-7-11-15(19-8-9)21(13(20-11)5-6-16)12-4-2-3-10(17)14(12)18/h2-4,7-8H,5-6H2,1H3. The third-order valence-corrected chi connectivity index (χ3v) is 4.19. The fraction of sp³-hybridized carbons (Fsp3) is 0.200. The maximum atomic E-state index is 6.35. The molecular weight excluding hydrogens is 329 g/mol. The number of hydrogen-bond acceptors (Lipinski definition) is 2. The van der Waals surface area contributed by atoms with Crippen molar-refractivity contribution in [2.24, 2.45) is 0 Å². The molecule has 6 heteroatoms. The van der Waals surface area contributed by atoms with Crippen LogP contribution in [0.4, 0.5) is 0 Å². The SMILES string of the molecule is Cc1cnc2c(c1)nc(CCCl)n2-c1cccc(Cl)c1Cl. The molecule has 3 aromatic rings. The van der Waals surface area contributed by atoms with Gasteiger partial charge in [0.15, 0.2) is 5.65 Å². The van der Waals surface area contributed by atoms with E-state index < -0.39 is 0 Å². The zero-order valence-electron chi connectivity index (χ0n) is 11.3. The molecule has 0 unspecified atom stereocenters. The molecule has 0 amide bonds. The van der Waals surface area contributed by atoms with E-state index in [0.717, 1.165) is 28.2 Å². The van der Waals surface area contributed by atoms with Crippen LogP contribution in [0.15, 0.2) is 30.5 Å². The van der Waals surface area contributed by atoms with Crippen molar-refractivity contribution in [2.75, 3.05) is 5.88 Å². The van der Waals surface area contributed by atoms with E-state index in [0.29, 0.717) is 22.3 Å². The van der Waals surface area contributed by atoms with Gasteiger partial charge in [-0.05, 0) is 30.7 Å². The number of aromatic nitrogens is 3. The van der Waals surface area contributed by atoms with E-state index in [1.807, 2.05) is 35.9 Å². The highest BCUT2D eigenvalue weighted by atomic mass is 35.5. The van der Waals surface area contributed by atoms with Crippen LogP contribution in [0.1, 0.15) is 11.4 Å². The van der Waals surface area contributed by atoms with Crippen molar-refractivity contribution in [3.8, 4) is 5.69 Å². The maximum Gasteiger partial charge on any atom is 0.164 e. The molecule has 0 atom stereocenters. The van der Waals surface area contributed by atoms with Gasteiger partial charge in [-0.1, -0.05) is 29.3 Å². The van der Waals surface area contributed by atoms with Gasteiger partial charge in [-0.25, -0.2) is 9.97 Å². The average molecular weight is 341 g/mol. The van der Waals surface area contributed by atoms with Crippen LogP contribution in [0, 0.1) is 6.92 Å². The van der Waals surface area contributed by atoms with Gasteiger partial charge in [-0.3, -0.25) is 4.57 Å². The largest absolute Gasteiger partial charge is 0.279 e. The van der Waals surface area contributed by atoms with Crippen LogP contribution >= 0.6 is 34.8 Å². The highest BCUT2D eigenvalue weighted by Crippen LogP contribution is 2.31. The van der Waals surface area contributed by atoms with E-state index in [-0.39, 0.29) is 0 Å². The normalized spacial score (nSPS) is 11.2. The Hall–Kier alpha value is -1.29. The number of benzene rings is 1. The predicted molar refractivity (Wildman–Crippen MR) is 88.0 cm³/mol. The van der Waals surface area contributed by atoms with Crippen LogP contribution in [-0.4, -0.2) is 20.4 Å². The van der Waals surface area contributed by atoms with Crippen LogP contribution in [0.2, 0.25) is 10.0 Å². The summed E-state index contributed by atoms with van der Waals surface area (Å²) in [6, 6.07) is 7.50. The van der Waals surface area contributed by atoms with Crippen LogP contribution in [0.5, 0.6) is 0 Å². The number of pyridine rings is 1. The molecule has 0 spiro atoms. The van der Waals surface area contributed by atoms with E-state index >= 15 is 0 Å². The lowest BCUT2D eigenvalue weighted by Crippen LogP contribution is -2.03. The molecule has 2 aromatic heterocycles. The van der Waals surface area contributed by atoms with Crippen molar-refractivity contribution in [3.63, 3.8) is 0 Å². The summed E-state index contributed by atoms with van der Waals surface area (Å²) in [5, 5.41) is 0.983. The molecule has 0 bridgehead atoms. The Morgan fingerprint density at radius 2 is 2.05 bits per heavy atom. The van der Waals surface area contributed by atoms with Gasteiger partial charge >= 0.3 is 0 Å². The van der Waals surface area contributed by atoms with E-state index in [1.165, 1.54) is 0 Å². The van der Waals surface area contributed by atoms with E-state index in [1.54, 1.807) is 6.07 Å². The topological polar surface area (TPSA) is 30.7 Å². The van der Waals surface area contributed by atoms with Gasteiger partial charge in [0.05, 0.1) is 15.7 Å². The molecular formula is C15H12Cl3N3. The molecule has 0 saturated heterocycles. The summed E-state index contributed by atoms with van der Waals surface area (Å²) in [6.07, 6.45) is 2.43. The minimum atomic E-state index is 0.473.